The van der Waals surface area contributed by atoms with Crippen molar-refractivity contribution in [3.63, 3.8) is 0 Å². The van der Waals surface area contributed by atoms with Crippen LogP contribution >= 0.6 is 0 Å². The fraction of sp³-hybridized carbons (Fsp3) is 1.00. The second-order valence-electron chi connectivity index (χ2n) is 5.87. The summed E-state index contributed by atoms with van der Waals surface area (Å²) in [4.78, 5) is 0. The molecule has 1 aliphatic heterocycles. The monoisotopic (exact) mass is 242 g/mol. The Morgan fingerprint density at radius 1 is 1.24 bits per heavy atom. The minimum atomic E-state index is 0.549. The molecule has 0 saturated carbocycles. The Balaban J connectivity index is 2.09. The number of ether oxygens (including phenoxy) is 1. The number of hydrogen-bond donors (Lipinski definition) is 2. The van der Waals surface area contributed by atoms with Crippen molar-refractivity contribution in [2.24, 2.45) is 17.8 Å². The van der Waals surface area contributed by atoms with Gasteiger partial charge < -0.3 is 15.4 Å². The third-order valence-electron chi connectivity index (χ3n) is 3.76. The molecule has 0 aromatic carbocycles. The van der Waals surface area contributed by atoms with Crippen molar-refractivity contribution < 1.29 is 4.74 Å². The van der Waals surface area contributed by atoms with Gasteiger partial charge in [0.15, 0.2) is 0 Å². The first-order chi connectivity index (χ1) is 8.11. The van der Waals surface area contributed by atoms with Crippen molar-refractivity contribution >= 4 is 0 Å². The first-order valence-corrected chi connectivity index (χ1v) is 7.13. The van der Waals surface area contributed by atoms with E-state index in [1.54, 1.807) is 0 Å². The van der Waals surface area contributed by atoms with Gasteiger partial charge in [0.1, 0.15) is 0 Å². The molecule has 1 aliphatic rings. The van der Waals surface area contributed by atoms with E-state index in [0.717, 1.165) is 50.6 Å². The van der Waals surface area contributed by atoms with Crippen LogP contribution in [0.5, 0.6) is 0 Å². The largest absolute Gasteiger partial charge is 0.379 e. The fourth-order valence-corrected chi connectivity index (χ4v) is 2.59. The van der Waals surface area contributed by atoms with Crippen molar-refractivity contribution in [1.82, 2.24) is 10.6 Å². The summed E-state index contributed by atoms with van der Waals surface area (Å²) in [5.74, 6) is 2.31. The summed E-state index contributed by atoms with van der Waals surface area (Å²) in [7, 11) is 0. The quantitative estimate of drug-likeness (QED) is 0.669. The first-order valence-electron chi connectivity index (χ1n) is 7.13. The number of hydrogen-bond acceptors (Lipinski definition) is 3. The number of rotatable bonds is 7. The molecule has 1 fully saturated rings. The van der Waals surface area contributed by atoms with Crippen molar-refractivity contribution in [2.45, 2.75) is 40.2 Å². The maximum Gasteiger partial charge on any atom is 0.0620 e. The second-order valence-corrected chi connectivity index (χ2v) is 5.87. The second kappa shape index (κ2) is 8.06. The molecule has 102 valence electrons. The highest BCUT2D eigenvalue weighted by molar-refractivity contribution is 4.73. The van der Waals surface area contributed by atoms with Crippen molar-refractivity contribution in [3.8, 4) is 0 Å². The number of nitrogens with one attached hydrogen (secondary N) is 2. The van der Waals surface area contributed by atoms with Crippen LogP contribution in [0.4, 0.5) is 0 Å². The predicted octanol–water partition coefficient (Wildman–Crippen LogP) is 1.88. The molecule has 1 heterocycles. The minimum Gasteiger partial charge on any atom is -0.379 e. The molecule has 0 aromatic heterocycles. The zero-order chi connectivity index (χ0) is 12.7. The van der Waals surface area contributed by atoms with Crippen LogP contribution in [-0.2, 0) is 4.74 Å². The Morgan fingerprint density at radius 2 is 1.94 bits per heavy atom. The molecule has 0 aliphatic carbocycles. The van der Waals surface area contributed by atoms with Crippen LogP contribution in [-0.4, -0.2) is 38.9 Å². The molecule has 1 saturated heterocycles. The van der Waals surface area contributed by atoms with Gasteiger partial charge in [-0.15, -0.1) is 0 Å². The number of morpholine rings is 1. The van der Waals surface area contributed by atoms with Gasteiger partial charge in [0.05, 0.1) is 13.2 Å². The van der Waals surface area contributed by atoms with Gasteiger partial charge in [-0.05, 0) is 37.3 Å². The molecular formula is C14H30N2O. The van der Waals surface area contributed by atoms with Gasteiger partial charge in [0.2, 0.25) is 0 Å². The Morgan fingerprint density at radius 3 is 2.47 bits per heavy atom. The van der Waals surface area contributed by atoms with Crippen LogP contribution in [0.2, 0.25) is 0 Å². The van der Waals surface area contributed by atoms with E-state index in [4.69, 9.17) is 4.74 Å². The van der Waals surface area contributed by atoms with Crippen LogP contribution in [0.15, 0.2) is 0 Å². The fourth-order valence-electron chi connectivity index (χ4n) is 2.59. The Kier molecular flexibility index (Phi) is 7.09. The van der Waals surface area contributed by atoms with Gasteiger partial charge in [-0.25, -0.2) is 0 Å². The molecule has 3 heteroatoms. The van der Waals surface area contributed by atoms with Crippen LogP contribution in [0.1, 0.15) is 34.1 Å². The molecule has 1 rings (SSSR count). The lowest BCUT2D eigenvalue weighted by atomic mass is 9.85. The van der Waals surface area contributed by atoms with E-state index in [1.807, 2.05) is 0 Å². The molecule has 0 spiro atoms. The van der Waals surface area contributed by atoms with Gasteiger partial charge in [-0.2, -0.15) is 0 Å². The van der Waals surface area contributed by atoms with Gasteiger partial charge in [-0.3, -0.25) is 0 Å². The third-order valence-corrected chi connectivity index (χ3v) is 3.76. The normalized spacial score (nSPS) is 21.7. The lowest BCUT2D eigenvalue weighted by molar-refractivity contribution is 0.0740. The smallest absolute Gasteiger partial charge is 0.0620 e. The highest BCUT2D eigenvalue weighted by Gasteiger charge is 2.17. The highest BCUT2D eigenvalue weighted by atomic mass is 16.5. The highest BCUT2D eigenvalue weighted by Crippen LogP contribution is 2.19. The molecule has 1 atom stereocenters. The first kappa shape index (κ1) is 14.9. The summed E-state index contributed by atoms with van der Waals surface area (Å²) in [6, 6.07) is 0.549. The lowest BCUT2D eigenvalue weighted by Gasteiger charge is -2.27. The molecule has 0 amide bonds. The summed E-state index contributed by atoms with van der Waals surface area (Å²) in [5.41, 5.74) is 0. The molecule has 0 radical (unpaired) electrons. The van der Waals surface area contributed by atoms with E-state index in [2.05, 4.69) is 38.3 Å². The molecule has 3 nitrogen and oxygen atoms in total. The molecule has 1 unspecified atom stereocenters. The van der Waals surface area contributed by atoms with Crippen LogP contribution in [0.25, 0.3) is 0 Å². The lowest BCUT2D eigenvalue weighted by Crippen LogP contribution is -2.43. The van der Waals surface area contributed by atoms with Crippen molar-refractivity contribution in [3.05, 3.63) is 0 Å². The Hall–Kier alpha value is -0.120. The van der Waals surface area contributed by atoms with Gasteiger partial charge in [0.25, 0.3) is 0 Å². The van der Waals surface area contributed by atoms with Gasteiger partial charge >= 0.3 is 0 Å². The summed E-state index contributed by atoms with van der Waals surface area (Å²) < 4.78 is 5.45. The van der Waals surface area contributed by atoms with E-state index in [9.17, 15) is 0 Å². The Labute approximate surface area is 107 Å². The van der Waals surface area contributed by atoms with E-state index in [-0.39, 0.29) is 0 Å². The maximum atomic E-state index is 5.45. The van der Waals surface area contributed by atoms with E-state index >= 15 is 0 Å². The molecular weight excluding hydrogens is 212 g/mol. The van der Waals surface area contributed by atoms with Crippen LogP contribution in [0, 0.1) is 17.8 Å². The van der Waals surface area contributed by atoms with Crippen molar-refractivity contribution in [1.29, 1.82) is 0 Å². The van der Waals surface area contributed by atoms with E-state index < -0.39 is 0 Å². The van der Waals surface area contributed by atoms with E-state index in [1.165, 1.54) is 6.42 Å². The average molecular weight is 242 g/mol. The minimum absolute atomic E-state index is 0.549. The zero-order valence-electron chi connectivity index (χ0n) is 12.0. The predicted molar refractivity (Wildman–Crippen MR) is 73.3 cm³/mol. The summed E-state index contributed by atoms with van der Waals surface area (Å²) in [5, 5.41) is 7.09. The summed E-state index contributed by atoms with van der Waals surface area (Å²) in [6.45, 7) is 14.3. The summed E-state index contributed by atoms with van der Waals surface area (Å²) >= 11 is 0. The molecule has 0 bridgehead atoms. The van der Waals surface area contributed by atoms with Crippen LogP contribution in [0.3, 0.4) is 0 Å². The van der Waals surface area contributed by atoms with Gasteiger partial charge in [-0.1, -0.05) is 27.7 Å². The third kappa shape index (κ3) is 5.84. The molecule has 0 aromatic rings. The SMILES string of the molecule is CC(C)C(CNCCC1COCCN1)C(C)C. The Bertz CT molecular complexity index is 181. The molecule has 2 N–H and O–H groups in total. The topological polar surface area (TPSA) is 33.3 Å². The van der Waals surface area contributed by atoms with Crippen molar-refractivity contribution in [2.75, 3.05) is 32.8 Å². The van der Waals surface area contributed by atoms with E-state index in [0.29, 0.717) is 6.04 Å². The van der Waals surface area contributed by atoms with Gasteiger partial charge in [0, 0.05) is 12.6 Å². The zero-order valence-corrected chi connectivity index (χ0v) is 12.0. The maximum absolute atomic E-state index is 5.45. The summed E-state index contributed by atoms with van der Waals surface area (Å²) in [6.07, 6.45) is 1.17. The molecule has 17 heavy (non-hydrogen) atoms. The van der Waals surface area contributed by atoms with Crippen LogP contribution < -0.4 is 10.6 Å². The standard InChI is InChI=1S/C14H30N2O/c1-11(2)14(12(3)4)9-15-6-5-13-10-17-8-7-16-13/h11-16H,5-10H2,1-4H3. The average Bonchev–Trinajstić information content (AvgIpc) is 2.29.